The third-order valence-corrected chi connectivity index (χ3v) is 4.97. The Hall–Kier alpha value is -3.17. The molecule has 4 N–H and O–H groups in total. The monoisotopic (exact) mass is 434 g/mol. The summed E-state index contributed by atoms with van der Waals surface area (Å²) in [6.07, 6.45) is 2.90. The number of carbonyl (C=O) groups is 4. The lowest BCUT2D eigenvalue weighted by atomic mass is 9.98. The number of amides is 3. The first-order valence-corrected chi connectivity index (χ1v) is 10.4. The van der Waals surface area contributed by atoms with Crippen LogP contribution in [0.5, 0.6) is 0 Å². The second-order valence-electron chi connectivity index (χ2n) is 8.04. The average Bonchev–Trinajstić information content (AvgIpc) is 3.11. The van der Waals surface area contributed by atoms with Crippen molar-refractivity contribution >= 4 is 24.2 Å². The highest BCUT2D eigenvalue weighted by atomic mass is 16.5. The van der Waals surface area contributed by atoms with Crippen LogP contribution in [-0.2, 0) is 25.5 Å². The molecule has 1 fully saturated rings. The van der Waals surface area contributed by atoms with Gasteiger partial charge in [-0.3, -0.25) is 14.4 Å². The summed E-state index contributed by atoms with van der Waals surface area (Å²) in [6, 6.07) is 1.43. The molecule has 10 heteroatoms. The van der Waals surface area contributed by atoms with Crippen LogP contribution in [0, 0.1) is 11.8 Å². The zero-order valence-electron chi connectivity index (χ0n) is 17.8. The van der Waals surface area contributed by atoms with Gasteiger partial charge in [-0.05, 0) is 36.8 Å². The number of carbonyl (C=O) groups excluding carboxylic acids is 4. The van der Waals surface area contributed by atoms with E-state index in [1.54, 1.807) is 6.07 Å². The molecule has 1 aliphatic rings. The minimum Gasteiger partial charge on any atom is -0.449 e. The van der Waals surface area contributed by atoms with Crippen molar-refractivity contribution in [2.75, 3.05) is 13.2 Å². The van der Waals surface area contributed by atoms with Gasteiger partial charge in [0.05, 0.1) is 12.6 Å². The highest BCUT2D eigenvalue weighted by Crippen LogP contribution is 2.16. The van der Waals surface area contributed by atoms with Gasteiger partial charge in [-0.25, -0.2) is 4.79 Å². The molecule has 1 aliphatic heterocycles. The summed E-state index contributed by atoms with van der Waals surface area (Å²) >= 11 is 0. The van der Waals surface area contributed by atoms with Crippen LogP contribution >= 0.6 is 0 Å². The lowest BCUT2D eigenvalue weighted by Gasteiger charge is -2.23. The Bertz CT molecular complexity index is 837. The fourth-order valence-electron chi connectivity index (χ4n) is 3.40. The number of pyridine rings is 1. The fourth-order valence-corrected chi connectivity index (χ4v) is 3.40. The van der Waals surface area contributed by atoms with E-state index in [2.05, 4.69) is 20.9 Å². The number of rotatable bonds is 11. The predicted octanol–water partition coefficient (Wildman–Crippen LogP) is 0.268. The Balaban J connectivity index is 1.87. The highest BCUT2D eigenvalue weighted by molar-refractivity contribution is 5.88. The maximum absolute atomic E-state index is 12.7. The molecule has 3 atom stereocenters. The fraction of sp³-hybridized carbons (Fsp3) is 0.571. The number of hydrogen-bond donors (Lipinski definition) is 4. The smallest absolute Gasteiger partial charge is 0.407 e. The van der Waals surface area contributed by atoms with Gasteiger partial charge in [-0.2, -0.15) is 0 Å². The van der Waals surface area contributed by atoms with E-state index in [0.717, 1.165) is 5.56 Å². The summed E-state index contributed by atoms with van der Waals surface area (Å²) < 4.78 is 5.14. The topological polar surface area (TPSA) is 146 Å². The van der Waals surface area contributed by atoms with E-state index in [1.165, 1.54) is 12.3 Å². The number of aromatic nitrogens is 1. The van der Waals surface area contributed by atoms with E-state index in [4.69, 9.17) is 4.74 Å². The molecule has 0 unspecified atom stereocenters. The molecule has 0 aromatic carbocycles. The van der Waals surface area contributed by atoms with Crippen molar-refractivity contribution in [2.24, 2.45) is 11.8 Å². The van der Waals surface area contributed by atoms with Crippen molar-refractivity contribution in [2.45, 2.75) is 51.6 Å². The van der Waals surface area contributed by atoms with Crippen molar-refractivity contribution in [3.05, 3.63) is 34.2 Å². The first-order chi connectivity index (χ1) is 14.8. The van der Waals surface area contributed by atoms with Crippen LogP contribution in [0.1, 0.15) is 38.7 Å². The molecule has 3 amide bonds. The number of H-pyrrole nitrogens is 1. The van der Waals surface area contributed by atoms with Gasteiger partial charge >= 0.3 is 6.09 Å². The second kappa shape index (κ2) is 11.9. The maximum Gasteiger partial charge on any atom is 0.407 e. The standard InChI is InChI=1S/C21H30N4O6/c1-13(2)9-17(20(29)24-16(12-26)11-15-4-7-23-19(15)28)25-21(30)31-8-5-14-3-6-22-18(27)10-14/h3,6,10,12-13,15-17H,4-5,7-9,11H2,1-2H3,(H,22,27)(H,23,28)(H,24,29)(H,25,30)/t15-,16-,17-/m0/s1. The molecule has 2 rings (SSSR count). The average molecular weight is 434 g/mol. The molecule has 1 saturated heterocycles. The summed E-state index contributed by atoms with van der Waals surface area (Å²) in [5.74, 6) is -0.845. The highest BCUT2D eigenvalue weighted by Gasteiger charge is 2.30. The summed E-state index contributed by atoms with van der Waals surface area (Å²) in [4.78, 5) is 61.8. The quantitative estimate of drug-likeness (QED) is 0.368. The number of ether oxygens (including phenoxy) is 1. The van der Waals surface area contributed by atoms with Gasteiger partial charge in [0.1, 0.15) is 12.3 Å². The second-order valence-corrected chi connectivity index (χ2v) is 8.04. The van der Waals surface area contributed by atoms with Crippen molar-refractivity contribution in [1.82, 2.24) is 20.9 Å². The normalized spacial score (nSPS) is 17.5. The van der Waals surface area contributed by atoms with E-state index in [9.17, 15) is 24.0 Å². The molecule has 10 nitrogen and oxygen atoms in total. The number of hydrogen-bond acceptors (Lipinski definition) is 6. The van der Waals surface area contributed by atoms with Crippen LogP contribution in [-0.4, -0.2) is 54.4 Å². The zero-order chi connectivity index (χ0) is 22.8. The Morgan fingerprint density at radius 3 is 2.68 bits per heavy atom. The molecular weight excluding hydrogens is 404 g/mol. The predicted molar refractivity (Wildman–Crippen MR) is 112 cm³/mol. The molecule has 0 bridgehead atoms. The van der Waals surface area contributed by atoms with E-state index in [-0.39, 0.29) is 36.3 Å². The Labute approximate surface area is 180 Å². The molecule has 1 aromatic heterocycles. The summed E-state index contributed by atoms with van der Waals surface area (Å²) in [7, 11) is 0. The van der Waals surface area contributed by atoms with Gasteiger partial charge in [-0.1, -0.05) is 13.8 Å². The number of alkyl carbamates (subject to hydrolysis) is 1. The number of aromatic amines is 1. The summed E-state index contributed by atoms with van der Waals surface area (Å²) in [6.45, 7) is 4.41. The van der Waals surface area contributed by atoms with Crippen LogP contribution < -0.4 is 21.5 Å². The van der Waals surface area contributed by atoms with Crippen LogP contribution in [0.25, 0.3) is 0 Å². The third kappa shape index (κ3) is 8.23. The van der Waals surface area contributed by atoms with Crippen LogP contribution in [0.2, 0.25) is 0 Å². The zero-order valence-corrected chi connectivity index (χ0v) is 17.8. The van der Waals surface area contributed by atoms with E-state index in [0.29, 0.717) is 32.1 Å². The van der Waals surface area contributed by atoms with Gasteiger partial charge in [0.25, 0.3) is 0 Å². The number of nitrogens with one attached hydrogen (secondary N) is 4. The Morgan fingerprint density at radius 1 is 1.29 bits per heavy atom. The van der Waals surface area contributed by atoms with Gasteiger partial charge < -0.3 is 30.5 Å². The third-order valence-electron chi connectivity index (χ3n) is 4.97. The van der Waals surface area contributed by atoms with Crippen molar-refractivity contribution in [3.63, 3.8) is 0 Å². The van der Waals surface area contributed by atoms with E-state index in [1.807, 2.05) is 13.8 Å². The lowest BCUT2D eigenvalue weighted by molar-refractivity contribution is -0.127. The largest absolute Gasteiger partial charge is 0.449 e. The SMILES string of the molecule is CC(C)C[C@H](NC(=O)OCCc1cc[nH]c(=O)c1)C(=O)N[C@H](C=O)C[C@@H]1CCNC1=O. The minimum atomic E-state index is -0.882. The van der Waals surface area contributed by atoms with Crippen molar-refractivity contribution in [1.29, 1.82) is 0 Å². The summed E-state index contributed by atoms with van der Waals surface area (Å²) in [5.41, 5.74) is 0.480. The summed E-state index contributed by atoms with van der Waals surface area (Å²) in [5, 5.41) is 7.86. The molecule has 31 heavy (non-hydrogen) atoms. The van der Waals surface area contributed by atoms with Crippen LogP contribution in [0.4, 0.5) is 4.79 Å². The molecular formula is C21H30N4O6. The van der Waals surface area contributed by atoms with Crippen molar-refractivity contribution < 1.29 is 23.9 Å². The molecule has 2 heterocycles. The van der Waals surface area contributed by atoms with Crippen LogP contribution in [0.15, 0.2) is 23.1 Å². The number of aldehydes is 1. The van der Waals surface area contributed by atoms with E-state index >= 15 is 0 Å². The first-order valence-electron chi connectivity index (χ1n) is 10.4. The molecule has 170 valence electrons. The van der Waals surface area contributed by atoms with Gasteiger partial charge in [-0.15, -0.1) is 0 Å². The Kier molecular flexibility index (Phi) is 9.23. The molecule has 0 saturated carbocycles. The maximum atomic E-state index is 12.7. The molecule has 0 radical (unpaired) electrons. The van der Waals surface area contributed by atoms with Gasteiger partial charge in [0, 0.05) is 31.1 Å². The first kappa shape index (κ1) is 24.1. The van der Waals surface area contributed by atoms with E-state index < -0.39 is 24.1 Å². The Morgan fingerprint density at radius 2 is 2.06 bits per heavy atom. The molecule has 0 aliphatic carbocycles. The minimum absolute atomic E-state index is 0.0407. The van der Waals surface area contributed by atoms with Crippen LogP contribution in [0.3, 0.4) is 0 Å². The van der Waals surface area contributed by atoms with Gasteiger partial charge in [0.15, 0.2) is 0 Å². The lowest BCUT2D eigenvalue weighted by Crippen LogP contribution is -2.51. The van der Waals surface area contributed by atoms with Gasteiger partial charge in [0.2, 0.25) is 17.4 Å². The molecule has 1 aromatic rings. The van der Waals surface area contributed by atoms with Crippen molar-refractivity contribution in [3.8, 4) is 0 Å². The molecule has 0 spiro atoms.